The van der Waals surface area contributed by atoms with Crippen molar-refractivity contribution in [2.24, 2.45) is 10.7 Å². The molecule has 0 radical (unpaired) electrons. The van der Waals surface area contributed by atoms with E-state index < -0.39 is 0 Å². The molecule has 0 spiro atoms. The van der Waals surface area contributed by atoms with Crippen LogP contribution in [0.2, 0.25) is 0 Å². The molecule has 0 bridgehead atoms. The molecule has 0 atom stereocenters. The molecule has 2 rings (SSSR count). The number of amidine groups is 1. The van der Waals surface area contributed by atoms with Crippen LogP contribution >= 0.6 is 23.6 Å². The summed E-state index contributed by atoms with van der Waals surface area (Å²) in [5.41, 5.74) is 8.19. The molecule has 0 aliphatic carbocycles. The fourth-order valence-corrected chi connectivity index (χ4v) is 3.05. The topological polar surface area (TPSA) is 38.4 Å². The lowest BCUT2D eigenvalue weighted by atomic mass is 10.1. The highest BCUT2D eigenvalue weighted by atomic mass is 32.1. The Bertz CT molecular complexity index is 415. The molecule has 1 aromatic heterocycles. The van der Waals surface area contributed by atoms with E-state index in [1.54, 1.807) is 11.3 Å². The summed E-state index contributed by atoms with van der Waals surface area (Å²) in [4.78, 5) is 7.41. The second-order valence-electron chi connectivity index (χ2n) is 3.15. The Morgan fingerprint density at radius 2 is 2.15 bits per heavy atom. The Balaban J connectivity index is 2.67. The lowest BCUT2D eigenvalue weighted by Gasteiger charge is -2.10. The summed E-state index contributed by atoms with van der Waals surface area (Å²) in [7, 11) is 0. The third-order valence-corrected chi connectivity index (χ3v) is 3.71. The van der Waals surface area contributed by atoms with Crippen molar-refractivity contribution in [3.63, 3.8) is 0 Å². The maximum atomic E-state index is 5.82. The molecule has 68 valence electrons. The average molecular weight is 210 g/mol. The van der Waals surface area contributed by atoms with E-state index in [2.05, 4.69) is 18.8 Å². The summed E-state index contributed by atoms with van der Waals surface area (Å²) in [5, 5.41) is 0. The van der Waals surface area contributed by atoms with Gasteiger partial charge in [0.25, 0.3) is 0 Å². The summed E-state index contributed by atoms with van der Waals surface area (Å²) in [6.45, 7) is 4.19. The Hall–Kier alpha value is -0.740. The first-order valence-corrected chi connectivity index (χ1v) is 5.28. The molecule has 0 saturated heterocycles. The van der Waals surface area contributed by atoms with Crippen molar-refractivity contribution in [1.82, 2.24) is 0 Å². The summed E-state index contributed by atoms with van der Waals surface area (Å²) in [6, 6.07) is 0. The van der Waals surface area contributed by atoms with Gasteiger partial charge in [0.05, 0.1) is 0 Å². The minimum absolute atomic E-state index is 0.591. The molecule has 2 heterocycles. The standard InChI is InChI=1S/C9H10N2S2/c1-4-5(2)13-6-3-7(12)11-9(10)8(4)6/h3H2,1-2H3,(H2,10,11,12). The van der Waals surface area contributed by atoms with Crippen LogP contribution in [-0.2, 0) is 6.42 Å². The molecular weight excluding hydrogens is 200 g/mol. The molecule has 1 aliphatic heterocycles. The van der Waals surface area contributed by atoms with Crippen molar-refractivity contribution in [1.29, 1.82) is 0 Å². The first-order chi connectivity index (χ1) is 6.09. The molecule has 1 aromatic rings. The van der Waals surface area contributed by atoms with Gasteiger partial charge < -0.3 is 5.73 Å². The normalized spacial score (nSPS) is 15.5. The van der Waals surface area contributed by atoms with E-state index in [9.17, 15) is 0 Å². The second kappa shape index (κ2) is 2.89. The van der Waals surface area contributed by atoms with Crippen LogP contribution in [0.25, 0.3) is 0 Å². The smallest absolute Gasteiger partial charge is 0.133 e. The highest BCUT2D eigenvalue weighted by Crippen LogP contribution is 2.30. The number of hydrogen-bond donors (Lipinski definition) is 1. The maximum absolute atomic E-state index is 5.82. The van der Waals surface area contributed by atoms with Gasteiger partial charge in [0.2, 0.25) is 0 Å². The zero-order chi connectivity index (χ0) is 9.59. The van der Waals surface area contributed by atoms with Crippen molar-refractivity contribution in [2.75, 3.05) is 0 Å². The van der Waals surface area contributed by atoms with Crippen LogP contribution in [0.5, 0.6) is 0 Å². The fraction of sp³-hybridized carbons (Fsp3) is 0.333. The van der Waals surface area contributed by atoms with Gasteiger partial charge in [-0.1, -0.05) is 12.2 Å². The number of nitrogens with two attached hydrogens (primary N) is 1. The monoisotopic (exact) mass is 210 g/mol. The van der Waals surface area contributed by atoms with Gasteiger partial charge in [-0.25, -0.2) is 4.99 Å². The third-order valence-electron chi connectivity index (χ3n) is 2.27. The Kier molecular flexibility index (Phi) is 1.96. The molecule has 0 fully saturated rings. The molecule has 0 amide bonds. The average Bonchev–Trinajstić information content (AvgIpc) is 2.27. The number of fused-ring (bicyclic) bond motifs is 1. The van der Waals surface area contributed by atoms with E-state index in [-0.39, 0.29) is 0 Å². The first-order valence-electron chi connectivity index (χ1n) is 4.06. The quantitative estimate of drug-likeness (QED) is 0.665. The van der Waals surface area contributed by atoms with E-state index >= 15 is 0 Å². The van der Waals surface area contributed by atoms with E-state index in [1.807, 2.05) is 0 Å². The third kappa shape index (κ3) is 1.30. The SMILES string of the molecule is Cc1sc2c(c1C)C(N)=NC(=S)C2. The number of thiophene rings is 1. The number of thiocarbonyl (C=S) groups is 1. The van der Waals surface area contributed by atoms with Crippen LogP contribution in [0.4, 0.5) is 0 Å². The van der Waals surface area contributed by atoms with Gasteiger partial charge in [-0.05, 0) is 19.4 Å². The van der Waals surface area contributed by atoms with Crippen LogP contribution in [0.1, 0.15) is 20.9 Å². The fourth-order valence-electron chi connectivity index (χ4n) is 1.52. The van der Waals surface area contributed by atoms with Crippen LogP contribution in [0.3, 0.4) is 0 Å². The van der Waals surface area contributed by atoms with Crippen molar-refractivity contribution >= 4 is 34.4 Å². The molecular formula is C9H10N2S2. The van der Waals surface area contributed by atoms with Crippen LogP contribution < -0.4 is 5.73 Å². The zero-order valence-corrected chi connectivity index (χ0v) is 9.18. The molecule has 1 aliphatic rings. The first kappa shape index (κ1) is 8.84. The number of aryl methyl sites for hydroxylation is 1. The summed E-state index contributed by atoms with van der Waals surface area (Å²) < 4.78 is 0. The molecule has 0 saturated carbocycles. The van der Waals surface area contributed by atoms with E-state index in [0.29, 0.717) is 10.8 Å². The molecule has 4 heteroatoms. The van der Waals surface area contributed by atoms with Crippen LogP contribution in [0.15, 0.2) is 4.99 Å². The Morgan fingerprint density at radius 3 is 2.85 bits per heavy atom. The van der Waals surface area contributed by atoms with E-state index in [4.69, 9.17) is 18.0 Å². The number of rotatable bonds is 0. The van der Waals surface area contributed by atoms with Crippen molar-refractivity contribution in [2.45, 2.75) is 20.3 Å². The molecule has 13 heavy (non-hydrogen) atoms. The van der Waals surface area contributed by atoms with Crippen molar-refractivity contribution in [3.8, 4) is 0 Å². The zero-order valence-electron chi connectivity index (χ0n) is 7.55. The van der Waals surface area contributed by atoms with Gasteiger partial charge in [-0.3, -0.25) is 0 Å². The lowest BCUT2D eigenvalue weighted by molar-refractivity contribution is 1.30. The molecule has 2 nitrogen and oxygen atoms in total. The summed E-state index contributed by atoms with van der Waals surface area (Å²) >= 11 is 6.83. The van der Waals surface area contributed by atoms with Gasteiger partial charge in [-0.2, -0.15) is 0 Å². The largest absolute Gasteiger partial charge is 0.383 e. The van der Waals surface area contributed by atoms with E-state index in [0.717, 1.165) is 12.0 Å². The van der Waals surface area contributed by atoms with Gasteiger partial charge in [0.15, 0.2) is 0 Å². The predicted molar refractivity (Wildman–Crippen MR) is 60.8 cm³/mol. The maximum Gasteiger partial charge on any atom is 0.133 e. The van der Waals surface area contributed by atoms with Gasteiger partial charge >= 0.3 is 0 Å². The lowest BCUT2D eigenvalue weighted by Crippen LogP contribution is -2.22. The number of hydrogen-bond acceptors (Lipinski definition) is 3. The van der Waals surface area contributed by atoms with Gasteiger partial charge in [-0.15, -0.1) is 11.3 Å². The minimum Gasteiger partial charge on any atom is -0.383 e. The van der Waals surface area contributed by atoms with Crippen LogP contribution in [0, 0.1) is 13.8 Å². The van der Waals surface area contributed by atoms with Crippen molar-refractivity contribution in [3.05, 3.63) is 20.9 Å². The molecule has 0 unspecified atom stereocenters. The predicted octanol–water partition coefficient (Wildman–Crippen LogP) is 1.95. The second-order valence-corrected chi connectivity index (χ2v) is 4.93. The van der Waals surface area contributed by atoms with Crippen molar-refractivity contribution < 1.29 is 0 Å². The summed E-state index contributed by atoms with van der Waals surface area (Å²) in [5.74, 6) is 0.591. The molecule has 2 N–H and O–H groups in total. The van der Waals surface area contributed by atoms with Crippen LogP contribution in [-0.4, -0.2) is 10.8 Å². The summed E-state index contributed by atoms with van der Waals surface area (Å²) in [6.07, 6.45) is 0.782. The number of aliphatic imine (C=N–C) groups is 1. The number of nitrogens with zero attached hydrogens (tertiary/aromatic N) is 1. The minimum atomic E-state index is 0.591. The highest BCUT2D eigenvalue weighted by Gasteiger charge is 2.20. The van der Waals surface area contributed by atoms with Gasteiger partial charge in [0.1, 0.15) is 10.8 Å². The van der Waals surface area contributed by atoms with Gasteiger partial charge in [0, 0.05) is 21.7 Å². The van der Waals surface area contributed by atoms with E-state index in [1.165, 1.54) is 15.3 Å². The Morgan fingerprint density at radius 1 is 1.46 bits per heavy atom. The molecule has 0 aromatic carbocycles. The highest BCUT2D eigenvalue weighted by molar-refractivity contribution is 7.80. The Labute approximate surface area is 86.5 Å².